The molecule has 1 fully saturated rings. The fraction of sp³-hybridized carbons (Fsp3) is 0.786. The summed E-state index contributed by atoms with van der Waals surface area (Å²) in [5.74, 6) is 1.06. The second-order valence-electron chi connectivity index (χ2n) is 5.58. The Hall–Kier alpha value is -1.03. The van der Waals surface area contributed by atoms with Crippen LogP contribution in [0.3, 0.4) is 0 Å². The lowest BCUT2D eigenvalue weighted by molar-refractivity contribution is 0.388. The molecule has 0 radical (unpaired) electrons. The fourth-order valence-electron chi connectivity index (χ4n) is 2.59. The van der Waals surface area contributed by atoms with Crippen molar-refractivity contribution in [3.05, 3.63) is 12.4 Å². The van der Waals surface area contributed by atoms with Gasteiger partial charge in [0, 0.05) is 25.0 Å². The van der Waals surface area contributed by atoms with E-state index in [-0.39, 0.29) is 0 Å². The summed E-state index contributed by atoms with van der Waals surface area (Å²) in [6, 6.07) is 0.646. The Kier molecular flexibility index (Phi) is 5.05. The maximum Gasteiger partial charge on any atom is 0.202 e. The van der Waals surface area contributed by atoms with Crippen LogP contribution < -0.4 is 5.32 Å². The molecule has 1 heterocycles. The van der Waals surface area contributed by atoms with Crippen LogP contribution in [0, 0.1) is 0 Å². The monoisotopic (exact) mass is 250 g/mol. The van der Waals surface area contributed by atoms with Crippen molar-refractivity contribution < 1.29 is 0 Å². The minimum absolute atomic E-state index is 0.646. The molecule has 4 heteroatoms. The summed E-state index contributed by atoms with van der Waals surface area (Å²) in [5.41, 5.74) is 0. The first-order valence-electron chi connectivity index (χ1n) is 7.18. The van der Waals surface area contributed by atoms with E-state index in [1.165, 1.54) is 45.1 Å². The molecule has 102 valence electrons. The van der Waals surface area contributed by atoms with Gasteiger partial charge in [-0.25, -0.2) is 4.98 Å². The molecular weight excluding hydrogens is 224 g/mol. The van der Waals surface area contributed by atoms with Crippen LogP contribution in [-0.2, 0) is 6.54 Å². The number of imidazole rings is 1. The predicted molar refractivity (Wildman–Crippen MR) is 75.9 cm³/mol. The minimum atomic E-state index is 0.646. The highest BCUT2D eigenvalue weighted by atomic mass is 15.2. The van der Waals surface area contributed by atoms with Crippen molar-refractivity contribution in [1.82, 2.24) is 14.5 Å². The SMILES string of the molecule is CN(C)CCCCn1ccnc1NC1CCCC1. The molecule has 1 aliphatic carbocycles. The van der Waals surface area contributed by atoms with Crippen molar-refractivity contribution in [2.45, 2.75) is 51.1 Å². The molecule has 18 heavy (non-hydrogen) atoms. The highest BCUT2D eigenvalue weighted by molar-refractivity contribution is 5.27. The van der Waals surface area contributed by atoms with E-state index < -0.39 is 0 Å². The van der Waals surface area contributed by atoms with Crippen LogP contribution in [0.5, 0.6) is 0 Å². The largest absolute Gasteiger partial charge is 0.353 e. The molecule has 0 unspecified atom stereocenters. The Balaban J connectivity index is 1.76. The maximum absolute atomic E-state index is 4.43. The van der Waals surface area contributed by atoms with Crippen molar-refractivity contribution in [2.75, 3.05) is 26.0 Å². The summed E-state index contributed by atoms with van der Waals surface area (Å²) in [4.78, 5) is 6.68. The molecule has 0 amide bonds. The van der Waals surface area contributed by atoms with Gasteiger partial charge < -0.3 is 14.8 Å². The number of unbranched alkanes of at least 4 members (excludes halogenated alkanes) is 1. The summed E-state index contributed by atoms with van der Waals surface area (Å²) in [6.07, 6.45) is 11.8. The molecule has 1 aromatic rings. The number of aromatic nitrogens is 2. The average Bonchev–Trinajstić information content (AvgIpc) is 2.97. The zero-order valence-corrected chi connectivity index (χ0v) is 11.7. The minimum Gasteiger partial charge on any atom is -0.353 e. The zero-order valence-electron chi connectivity index (χ0n) is 11.7. The van der Waals surface area contributed by atoms with Crippen molar-refractivity contribution in [1.29, 1.82) is 0 Å². The molecule has 0 spiro atoms. The predicted octanol–water partition coefficient (Wildman–Crippen LogP) is 2.58. The van der Waals surface area contributed by atoms with Crippen LogP contribution in [0.25, 0.3) is 0 Å². The van der Waals surface area contributed by atoms with Gasteiger partial charge in [0.05, 0.1) is 0 Å². The number of nitrogens with one attached hydrogen (secondary N) is 1. The van der Waals surface area contributed by atoms with Gasteiger partial charge >= 0.3 is 0 Å². The van der Waals surface area contributed by atoms with Gasteiger partial charge in [-0.2, -0.15) is 0 Å². The molecule has 0 saturated heterocycles. The summed E-state index contributed by atoms with van der Waals surface area (Å²) >= 11 is 0. The van der Waals surface area contributed by atoms with Crippen LogP contribution >= 0.6 is 0 Å². The summed E-state index contributed by atoms with van der Waals surface area (Å²) < 4.78 is 2.26. The Morgan fingerprint density at radius 2 is 2.11 bits per heavy atom. The highest BCUT2D eigenvalue weighted by Crippen LogP contribution is 2.21. The van der Waals surface area contributed by atoms with Crippen molar-refractivity contribution >= 4 is 5.95 Å². The molecule has 1 aliphatic rings. The number of rotatable bonds is 7. The first-order chi connectivity index (χ1) is 8.75. The molecule has 2 rings (SSSR count). The molecule has 1 N–H and O–H groups in total. The Bertz CT molecular complexity index is 339. The van der Waals surface area contributed by atoms with Crippen LogP contribution in [0.15, 0.2) is 12.4 Å². The smallest absolute Gasteiger partial charge is 0.202 e. The first-order valence-corrected chi connectivity index (χ1v) is 7.18. The van der Waals surface area contributed by atoms with Gasteiger partial charge in [0.25, 0.3) is 0 Å². The molecule has 1 saturated carbocycles. The Labute approximate surface area is 110 Å². The highest BCUT2D eigenvalue weighted by Gasteiger charge is 2.16. The third-order valence-corrected chi connectivity index (χ3v) is 3.66. The number of aryl methyl sites for hydroxylation is 1. The second kappa shape index (κ2) is 6.78. The second-order valence-corrected chi connectivity index (χ2v) is 5.58. The van der Waals surface area contributed by atoms with Crippen LogP contribution in [0.1, 0.15) is 38.5 Å². The van der Waals surface area contributed by atoms with E-state index in [0.717, 1.165) is 12.5 Å². The van der Waals surface area contributed by atoms with Gasteiger partial charge in [-0.1, -0.05) is 12.8 Å². The Morgan fingerprint density at radius 3 is 2.83 bits per heavy atom. The third kappa shape index (κ3) is 4.02. The quantitative estimate of drug-likeness (QED) is 0.755. The normalized spacial score (nSPS) is 16.6. The van der Waals surface area contributed by atoms with Gasteiger partial charge in [0.2, 0.25) is 5.95 Å². The van der Waals surface area contributed by atoms with E-state index in [1.54, 1.807) is 0 Å². The van der Waals surface area contributed by atoms with E-state index in [2.05, 4.69) is 40.1 Å². The molecule has 1 aromatic heterocycles. The molecule has 0 atom stereocenters. The van der Waals surface area contributed by atoms with E-state index in [4.69, 9.17) is 0 Å². The van der Waals surface area contributed by atoms with Crippen LogP contribution in [0.4, 0.5) is 5.95 Å². The van der Waals surface area contributed by atoms with E-state index >= 15 is 0 Å². The van der Waals surface area contributed by atoms with Gasteiger partial charge in [-0.15, -0.1) is 0 Å². The lowest BCUT2D eigenvalue weighted by Crippen LogP contribution is -2.18. The van der Waals surface area contributed by atoms with E-state index in [1.807, 2.05) is 6.20 Å². The number of hydrogen-bond acceptors (Lipinski definition) is 3. The van der Waals surface area contributed by atoms with Crippen molar-refractivity contribution in [2.24, 2.45) is 0 Å². The Morgan fingerprint density at radius 1 is 1.33 bits per heavy atom. The molecular formula is C14H26N4. The molecule has 0 bridgehead atoms. The summed E-state index contributed by atoms with van der Waals surface area (Å²) in [6.45, 7) is 2.24. The maximum atomic E-state index is 4.43. The lowest BCUT2D eigenvalue weighted by Gasteiger charge is -2.15. The van der Waals surface area contributed by atoms with Crippen LogP contribution in [0.2, 0.25) is 0 Å². The number of anilines is 1. The van der Waals surface area contributed by atoms with E-state index in [0.29, 0.717) is 6.04 Å². The standard InChI is InChI=1S/C14H26N4/c1-17(2)10-5-6-11-18-12-9-15-14(18)16-13-7-3-4-8-13/h9,12-13H,3-8,10-11H2,1-2H3,(H,15,16). The van der Waals surface area contributed by atoms with Crippen molar-refractivity contribution in [3.8, 4) is 0 Å². The van der Waals surface area contributed by atoms with Gasteiger partial charge in [-0.3, -0.25) is 0 Å². The lowest BCUT2D eigenvalue weighted by atomic mass is 10.2. The summed E-state index contributed by atoms with van der Waals surface area (Å²) in [7, 11) is 4.26. The van der Waals surface area contributed by atoms with Gasteiger partial charge in [0.15, 0.2) is 0 Å². The van der Waals surface area contributed by atoms with Crippen molar-refractivity contribution in [3.63, 3.8) is 0 Å². The average molecular weight is 250 g/mol. The topological polar surface area (TPSA) is 33.1 Å². The number of hydrogen-bond donors (Lipinski definition) is 1. The number of nitrogens with zero attached hydrogens (tertiary/aromatic N) is 3. The molecule has 0 aliphatic heterocycles. The molecule has 4 nitrogen and oxygen atoms in total. The van der Waals surface area contributed by atoms with Crippen LogP contribution in [-0.4, -0.2) is 41.1 Å². The van der Waals surface area contributed by atoms with Gasteiger partial charge in [0.1, 0.15) is 0 Å². The van der Waals surface area contributed by atoms with Gasteiger partial charge in [-0.05, 0) is 46.3 Å². The first kappa shape index (κ1) is 13.4. The zero-order chi connectivity index (χ0) is 12.8. The summed E-state index contributed by atoms with van der Waals surface area (Å²) in [5, 5.41) is 3.58. The fourth-order valence-corrected chi connectivity index (χ4v) is 2.59. The third-order valence-electron chi connectivity index (χ3n) is 3.66. The molecule has 0 aromatic carbocycles. The van der Waals surface area contributed by atoms with E-state index in [9.17, 15) is 0 Å².